The van der Waals surface area contributed by atoms with Gasteiger partial charge in [-0.1, -0.05) is 42.5 Å². The van der Waals surface area contributed by atoms with Gasteiger partial charge >= 0.3 is 0 Å². The van der Waals surface area contributed by atoms with Gasteiger partial charge < -0.3 is 10.1 Å². The van der Waals surface area contributed by atoms with E-state index in [9.17, 15) is 4.79 Å². The van der Waals surface area contributed by atoms with Crippen molar-refractivity contribution in [2.45, 2.75) is 26.0 Å². The van der Waals surface area contributed by atoms with E-state index >= 15 is 0 Å². The predicted octanol–water partition coefficient (Wildman–Crippen LogP) is 2.71. The third-order valence-corrected chi connectivity index (χ3v) is 4.48. The maximum Gasteiger partial charge on any atom is 0.254 e. The van der Waals surface area contributed by atoms with Crippen LogP contribution in [-0.4, -0.2) is 27.7 Å². The minimum atomic E-state index is -0.543. The maximum atomic E-state index is 12.6. The molecule has 26 heavy (non-hydrogen) atoms. The molecule has 2 N–H and O–H groups in total. The van der Waals surface area contributed by atoms with Crippen LogP contribution in [0.3, 0.4) is 0 Å². The lowest BCUT2D eigenvalue weighted by atomic mass is 9.97. The van der Waals surface area contributed by atoms with E-state index in [4.69, 9.17) is 4.74 Å². The molecule has 3 aromatic rings. The molecule has 1 aliphatic rings. The number of rotatable bonds is 4. The first kappa shape index (κ1) is 16.5. The monoisotopic (exact) mass is 348 g/mol. The molecule has 4 rings (SSSR count). The summed E-state index contributed by atoms with van der Waals surface area (Å²) in [6.45, 7) is 2.86. The first-order valence-corrected chi connectivity index (χ1v) is 8.66. The highest BCUT2D eigenvalue weighted by atomic mass is 16.5. The van der Waals surface area contributed by atoms with Crippen molar-refractivity contribution in [3.63, 3.8) is 0 Å². The highest BCUT2D eigenvalue weighted by Gasteiger charge is 2.26. The molecule has 1 amide bonds. The fraction of sp³-hybridized carbons (Fsp3) is 0.250. The summed E-state index contributed by atoms with van der Waals surface area (Å²) in [6, 6.07) is 15.8. The minimum absolute atomic E-state index is 0.115. The Bertz CT molecular complexity index is 935. The number of aromatic nitrogens is 3. The van der Waals surface area contributed by atoms with E-state index in [1.54, 1.807) is 0 Å². The van der Waals surface area contributed by atoms with Crippen LogP contribution in [0.15, 0.2) is 48.5 Å². The summed E-state index contributed by atoms with van der Waals surface area (Å²) in [6.07, 6.45) is 0.303. The molecule has 0 bridgehead atoms. The number of aryl methyl sites for hydroxylation is 1. The molecule has 6 heteroatoms. The van der Waals surface area contributed by atoms with Crippen molar-refractivity contribution in [1.29, 1.82) is 0 Å². The number of nitrogens with zero attached hydrogens (tertiary/aromatic N) is 2. The molecule has 0 radical (unpaired) electrons. The molecule has 6 nitrogen and oxygen atoms in total. The van der Waals surface area contributed by atoms with E-state index < -0.39 is 6.10 Å². The zero-order chi connectivity index (χ0) is 17.9. The predicted molar refractivity (Wildman–Crippen MR) is 97.2 cm³/mol. The number of hydrogen-bond donors (Lipinski definition) is 2. The Morgan fingerprint density at radius 1 is 1.27 bits per heavy atom. The van der Waals surface area contributed by atoms with Crippen molar-refractivity contribution < 1.29 is 9.53 Å². The molecule has 0 saturated carbocycles. The second kappa shape index (κ2) is 7.09. The summed E-state index contributed by atoms with van der Waals surface area (Å²) >= 11 is 0. The van der Waals surface area contributed by atoms with E-state index in [1.165, 1.54) is 5.56 Å². The molecular formula is C20H20N4O2. The van der Waals surface area contributed by atoms with Crippen molar-refractivity contribution in [1.82, 2.24) is 20.5 Å². The summed E-state index contributed by atoms with van der Waals surface area (Å²) in [5, 5.41) is 10.0. The van der Waals surface area contributed by atoms with Crippen molar-refractivity contribution in [2.24, 2.45) is 0 Å². The Kier molecular flexibility index (Phi) is 4.50. The molecule has 0 saturated heterocycles. The number of H-pyrrole nitrogens is 1. The third kappa shape index (κ3) is 3.36. The van der Waals surface area contributed by atoms with Crippen molar-refractivity contribution in [3.05, 3.63) is 71.0 Å². The average molecular weight is 348 g/mol. The van der Waals surface area contributed by atoms with Gasteiger partial charge in [0.2, 0.25) is 0 Å². The van der Waals surface area contributed by atoms with E-state index in [0.717, 1.165) is 28.9 Å². The molecular weight excluding hydrogens is 328 g/mol. The molecule has 2 aromatic carbocycles. The normalized spacial score (nSPS) is 16.1. The van der Waals surface area contributed by atoms with Gasteiger partial charge in [0, 0.05) is 12.1 Å². The summed E-state index contributed by atoms with van der Waals surface area (Å²) < 4.78 is 5.71. The van der Waals surface area contributed by atoms with Gasteiger partial charge in [0.1, 0.15) is 5.82 Å². The van der Waals surface area contributed by atoms with Crippen LogP contribution >= 0.6 is 0 Å². The van der Waals surface area contributed by atoms with Gasteiger partial charge in [-0.3, -0.25) is 9.89 Å². The van der Waals surface area contributed by atoms with Crippen molar-refractivity contribution in [3.8, 4) is 11.4 Å². The lowest BCUT2D eigenvalue weighted by molar-refractivity contribution is -0.134. The molecule has 0 spiro atoms. The molecule has 1 unspecified atom stereocenters. The fourth-order valence-electron chi connectivity index (χ4n) is 3.19. The SMILES string of the molecule is Cc1nc(-c2cccc(CNC(=O)C3OCCc4ccccc43)c2)n[nH]1. The van der Waals surface area contributed by atoms with Crippen molar-refractivity contribution in [2.75, 3.05) is 6.61 Å². The van der Waals surface area contributed by atoms with Crippen LogP contribution in [0.5, 0.6) is 0 Å². The Morgan fingerprint density at radius 3 is 3.00 bits per heavy atom. The minimum Gasteiger partial charge on any atom is -0.363 e. The van der Waals surface area contributed by atoms with Crippen molar-refractivity contribution >= 4 is 5.91 Å². The molecule has 1 aliphatic heterocycles. The van der Waals surface area contributed by atoms with Crippen LogP contribution in [0.2, 0.25) is 0 Å². The number of hydrogen-bond acceptors (Lipinski definition) is 4. The number of carbonyl (C=O) groups excluding carboxylic acids is 1. The van der Waals surface area contributed by atoms with Gasteiger partial charge in [-0.05, 0) is 36.1 Å². The lowest BCUT2D eigenvalue weighted by Gasteiger charge is -2.25. The maximum absolute atomic E-state index is 12.6. The average Bonchev–Trinajstić information content (AvgIpc) is 3.12. The van der Waals surface area contributed by atoms with E-state index in [1.807, 2.05) is 49.4 Å². The first-order chi connectivity index (χ1) is 12.7. The zero-order valence-electron chi connectivity index (χ0n) is 14.5. The van der Waals surface area contributed by atoms with Gasteiger partial charge in [-0.15, -0.1) is 0 Å². The molecule has 0 aliphatic carbocycles. The second-order valence-corrected chi connectivity index (χ2v) is 6.36. The number of nitrogens with one attached hydrogen (secondary N) is 2. The highest BCUT2D eigenvalue weighted by Crippen LogP contribution is 2.27. The lowest BCUT2D eigenvalue weighted by Crippen LogP contribution is -2.33. The summed E-state index contributed by atoms with van der Waals surface area (Å²) in [4.78, 5) is 17.0. The van der Waals surface area contributed by atoms with Crippen LogP contribution in [-0.2, 0) is 22.5 Å². The number of aromatic amines is 1. The fourth-order valence-corrected chi connectivity index (χ4v) is 3.19. The summed E-state index contributed by atoms with van der Waals surface area (Å²) in [7, 11) is 0. The second-order valence-electron chi connectivity index (χ2n) is 6.36. The number of ether oxygens (including phenoxy) is 1. The number of benzene rings is 2. The van der Waals surface area contributed by atoms with Crippen LogP contribution in [0.4, 0.5) is 0 Å². The smallest absolute Gasteiger partial charge is 0.254 e. The number of amides is 1. The highest BCUT2D eigenvalue weighted by molar-refractivity contribution is 5.82. The Morgan fingerprint density at radius 2 is 2.15 bits per heavy atom. The Balaban J connectivity index is 1.46. The Hall–Kier alpha value is -2.99. The van der Waals surface area contributed by atoms with E-state index in [0.29, 0.717) is 19.0 Å². The standard InChI is InChI=1S/C20H20N4O2/c1-13-22-19(24-23-13)16-7-4-5-14(11-16)12-21-20(25)18-17-8-3-2-6-15(17)9-10-26-18/h2-8,11,18H,9-10,12H2,1H3,(H,21,25)(H,22,23,24). The third-order valence-electron chi connectivity index (χ3n) is 4.48. The van der Waals surface area contributed by atoms with Crippen LogP contribution in [0, 0.1) is 6.92 Å². The molecule has 132 valence electrons. The Labute approximate surface area is 151 Å². The van der Waals surface area contributed by atoms with E-state index in [-0.39, 0.29) is 5.91 Å². The van der Waals surface area contributed by atoms with Gasteiger partial charge in [0.05, 0.1) is 6.61 Å². The van der Waals surface area contributed by atoms with Gasteiger partial charge in [-0.25, -0.2) is 4.98 Å². The van der Waals surface area contributed by atoms with E-state index in [2.05, 4.69) is 26.6 Å². The van der Waals surface area contributed by atoms with Gasteiger partial charge in [0.25, 0.3) is 5.91 Å². The molecule has 2 heterocycles. The summed E-state index contributed by atoms with van der Waals surface area (Å²) in [5.41, 5.74) is 4.05. The number of fused-ring (bicyclic) bond motifs is 1. The van der Waals surface area contributed by atoms with Crippen LogP contribution in [0.25, 0.3) is 11.4 Å². The topological polar surface area (TPSA) is 79.9 Å². The zero-order valence-corrected chi connectivity index (χ0v) is 14.5. The van der Waals surface area contributed by atoms with Crippen LogP contribution in [0.1, 0.15) is 28.6 Å². The van der Waals surface area contributed by atoms with Crippen LogP contribution < -0.4 is 5.32 Å². The quantitative estimate of drug-likeness (QED) is 0.760. The molecule has 1 aromatic heterocycles. The van der Waals surface area contributed by atoms with Gasteiger partial charge in [-0.2, -0.15) is 5.10 Å². The van der Waals surface area contributed by atoms with Gasteiger partial charge in [0.15, 0.2) is 11.9 Å². The molecule has 0 fully saturated rings. The number of carbonyl (C=O) groups is 1. The molecule has 1 atom stereocenters. The first-order valence-electron chi connectivity index (χ1n) is 8.66. The summed E-state index contributed by atoms with van der Waals surface area (Å²) in [5.74, 6) is 1.31. The largest absolute Gasteiger partial charge is 0.363 e.